The molecule has 1 N–H and O–H groups in total. The minimum atomic E-state index is -0.148. The molecule has 1 heterocycles. The van der Waals surface area contributed by atoms with Gasteiger partial charge in [-0.1, -0.05) is 12.1 Å². The summed E-state index contributed by atoms with van der Waals surface area (Å²) in [6, 6.07) is 14.4. The smallest absolute Gasteiger partial charge is 0.240 e. The van der Waals surface area contributed by atoms with Gasteiger partial charge in [-0.3, -0.25) is 4.79 Å². The summed E-state index contributed by atoms with van der Waals surface area (Å²) in [5.74, 6) is 0.884. The number of phenols is 1. The molecule has 5 heteroatoms. The number of phenolic OH excluding ortho intramolecular Hbond substituents is 1. The fourth-order valence-electron chi connectivity index (χ4n) is 2.71. The Morgan fingerprint density at radius 2 is 1.83 bits per heavy atom. The molecule has 2 aromatic rings. The molecule has 0 saturated heterocycles. The molecule has 1 aliphatic heterocycles. The van der Waals surface area contributed by atoms with Crippen molar-refractivity contribution in [2.45, 2.75) is 19.4 Å². The Balaban J connectivity index is 1.90. The largest absolute Gasteiger partial charge is 0.508 e. The zero-order valence-electron chi connectivity index (χ0n) is 13.1. The van der Waals surface area contributed by atoms with Crippen LogP contribution in [0.25, 0.3) is 0 Å². The number of hydrazone groups is 1. The van der Waals surface area contributed by atoms with Gasteiger partial charge in [0, 0.05) is 13.3 Å². The number of hydrogen-bond acceptors (Lipinski definition) is 4. The molecule has 1 amide bonds. The normalized spacial score (nSPS) is 17.0. The lowest BCUT2D eigenvalue weighted by atomic mass is 9.98. The molecule has 118 valence electrons. The number of carbonyl (C=O) groups excluding carboxylic acids is 1. The SMILES string of the molecule is COc1ccc(C2=NN(C(C)=O)[C@H](c3ccc(O)cc3)C2)cc1. The number of methoxy groups -OCH3 is 1. The van der Waals surface area contributed by atoms with Gasteiger partial charge < -0.3 is 9.84 Å². The highest BCUT2D eigenvalue weighted by Gasteiger charge is 2.31. The third kappa shape index (κ3) is 3.04. The monoisotopic (exact) mass is 310 g/mol. The first-order valence-corrected chi connectivity index (χ1v) is 7.39. The summed E-state index contributed by atoms with van der Waals surface area (Å²) in [5, 5.41) is 15.4. The molecule has 3 rings (SSSR count). The molecule has 2 aromatic carbocycles. The molecule has 0 aliphatic carbocycles. The van der Waals surface area contributed by atoms with Crippen molar-refractivity contribution in [1.29, 1.82) is 0 Å². The van der Waals surface area contributed by atoms with Gasteiger partial charge in [-0.25, -0.2) is 5.01 Å². The first-order chi connectivity index (χ1) is 11.1. The molecule has 0 aromatic heterocycles. The summed E-state index contributed by atoms with van der Waals surface area (Å²) >= 11 is 0. The van der Waals surface area contributed by atoms with Gasteiger partial charge in [-0.05, 0) is 47.5 Å². The van der Waals surface area contributed by atoms with Gasteiger partial charge >= 0.3 is 0 Å². The van der Waals surface area contributed by atoms with E-state index in [0.29, 0.717) is 6.42 Å². The Morgan fingerprint density at radius 1 is 1.17 bits per heavy atom. The van der Waals surface area contributed by atoms with E-state index in [0.717, 1.165) is 22.6 Å². The molecule has 0 bridgehead atoms. The number of aromatic hydroxyl groups is 1. The second-order valence-electron chi connectivity index (χ2n) is 5.45. The maximum Gasteiger partial charge on any atom is 0.240 e. The van der Waals surface area contributed by atoms with Gasteiger partial charge in [0.25, 0.3) is 0 Å². The number of hydrogen-bond donors (Lipinski definition) is 1. The molecular formula is C18H18N2O3. The zero-order valence-corrected chi connectivity index (χ0v) is 13.1. The zero-order chi connectivity index (χ0) is 16.4. The van der Waals surface area contributed by atoms with Crippen LogP contribution in [0.4, 0.5) is 0 Å². The van der Waals surface area contributed by atoms with Crippen molar-refractivity contribution in [3.8, 4) is 11.5 Å². The van der Waals surface area contributed by atoms with Crippen LogP contribution in [0, 0.1) is 0 Å². The Hall–Kier alpha value is -2.82. The maximum absolute atomic E-state index is 11.9. The fourth-order valence-corrected chi connectivity index (χ4v) is 2.71. The molecule has 0 spiro atoms. The van der Waals surface area contributed by atoms with Crippen molar-refractivity contribution in [2.24, 2.45) is 5.10 Å². The Morgan fingerprint density at radius 3 is 2.39 bits per heavy atom. The lowest BCUT2D eigenvalue weighted by Crippen LogP contribution is -2.24. The number of benzene rings is 2. The first kappa shape index (κ1) is 15.1. The number of carbonyl (C=O) groups is 1. The average molecular weight is 310 g/mol. The van der Waals surface area contributed by atoms with Crippen LogP contribution >= 0.6 is 0 Å². The molecule has 0 unspecified atom stereocenters. The Bertz CT molecular complexity index is 736. The number of amides is 1. The van der Waals surface area contributed by atoms with Crippen LogP contribution in [0.5, 0.6) is 11.5 Å². The highest BCUT2D eigenvalue weighted by Crippen LogP contribution is 2.33. The van der Waals surface area contributed by atoms with Crippen LogP contribution in [0.1, 0.15) is 30.5 Å². The van der Waals surface area contributed by atoms with Crippen LogP contribution in [-0.4, -0.2) is 28.8 Å². The maximum atomic E-state index is 11.9. The minimum absolute atomic E-state index is 0.105. The van der Waals surface area contributed by atoms with E-state index in [1.165, 1.54) is 11.9 Å². The van der Waals surface area contributed by atoms with Gasteiger partial charge in [0.1, 0.15) is 11.5 Å². The van der Waals surface area contributed by atoms with Crippen molar-refractivity contribution in [1.82, 2.24) is 5.01 Å². The summed E-state index contributed by atoms with van der Waals surface area (Å²) < 4.78 is 5.16. The predicted molar refractivity (Wildman–Crippen MR) is 87.5 cm³/mol. The highest BCUT2D eigenvalue weighted by atomic mass is 16.5. The van der Waals surface area contributed by atoms with E-state index in [4.69, 9.17) is 4.74 Å². The summed E-state index contributed by atoms with van der Waals surface area (Å²) in [6.07, 6.45) is 0.636. The second kappa shape index (κ2) is 6.12. The Kier molecular flexibility index (Phi) is 4.02. The van der Waals surface area contributed by atoms with E-state index in [9.17, 15) is 9.90 Å². The van der Waals surface area contributed by atoms with Crippen molar-refractivity contribution < 1.29 is 14.6 Å². The molecule has 5 nitrogen and oxygen atoms in total. The third-order valence-corrected chi connectivity index (χ3v) is 3.93. The van der Waals surface area contributed by atoms with Crippen LogP contribution in [-0.2, 0) is 4.79 Å². The predicted octanol–water partition coefficient (Wildman–Crippen LogP) is 3.10. The van der Waals surface area contributed by atoms with E-state index < -0.39 is 0 Å². The van der Waals surface area contributed by atoms with Gasteiger partial charge in [0.15, 0.2) is 0 Å². The van der Waals surface area contributed by atoms with E-state index in [1.807, 2.05) is 36.4 Å². The molecule has 1 aliphatic rings. The molecule has 0 saturated carbocycles. The van der Waals surface area contributed by atoms with Crippen LogP contribution in [0.15, 0.2) is 53.6 Å². The van der Waals surface area contributed by atoms with Gasteiger partial charge in [-0.15, -0.1) is 0 Å². The molecular weight excluding hydrogens is 292 g/mol. The topological polar surface area (TPSA) is 62.1 Å². The molecule has 0 radical (unpaired) electrons. The Labute approximate surface area is 134 Å². The third-order valence-electron chi connectivity index (χ3n) is 3.93. The molecule has 23 heavy (non-hydrogen) atoms. The quantitative estimate of drug-likeness (QED) is 0.947. The van der Waals surface area contributed by atoms with Crippen molar-refractivity contribution in [3.63, 3.8) is 0 Å². The number of rotatable bonds is 3. The number of nitrogens with zero attached hydrogens (tertiary/aromatic N) is 2. The van der Waals surface area contributed by atoms with E-state index in [-0.39, 0.29) is 17.7 Å². The number of ether oxygens (including phenoxy) is 1. The van der Waals surface area contributed by atoms with Gasteiger partial charge in [0.2, 0.25) is 5.91 Å². The van der Waals surface area contributed by atoms with Gasteiger partial charge in [0.05, 0.1) is 18.9 Å². The van der Waals surface area contributed by atoms with Crippen molar-refractivity contribution in [3.05, 3.63) is 59.7 Å². The summed E-state index contributed by atoms with van der Waals surface area (Å²) in [7, 11) is 1.63. The molecule has 1 atom stereocenters. The van der Waals surface area contributed by atoms with Crippen LogP contribution < -0.4 is 4.74 Å². The van der Waals surface area contributed by atoms with E-state index in [1.54, 1.807) is 19.2 Å². The lowest BCUT2D eigenvalue weighted by molar-refractivity contribution is -0.130. The van der Waals surface area contributed by atoms with E-state index in [2.05, 4.69) is 5.10 Å². The fraction of sp³-hybridized carbons (Fsp3) is 0.222. The second-order valence-corrected chi connectivity index (χ2v) is 5.45. The first-order valence-electron chi connectivity index (χ1n) is 7.39. The van der Waals surface area contributed by atoms with Crippen molar-refractivity contribution >= 4 is 11.6 Å². The average Bonchev–Trinajstić information content (AvgIpc) is 3.01. The van der Waals surface area contributed by atoms with Crippen LogP contribution in [0.2, 0.25) is 0 Å². The van der Waals surface area contributed by atoms with Gasteiger partial charge in [-0.2, -0.15) is 5.10 Å². The standard InChI is InChI=1S/C18H18N2O3/c1-12(21)20-18(14-3-7-15(22)8-4-14)11-17(19-20)13-5-9-16(23-2)10-6-13/h3-10,18,22H,11H2,1-2H3/t18-/m0/s1. The summed E-state index contributed by atoms with van der Waals surface area (Å²) in [6.45, 7) is 1.51. The molecule has 0 fully saturated rings. The van der Waals surface area contributed by atoms with Crippen LogP contribution in [0.3, 0.4) is 0 Å². The lowest BCUT2D eigenvalue weighted by Gasteiger charge is -2.20. The van der Waals surface area contributed by atoms with Crippen molar-refractivity contribution in [2.75, 3.05) is 7.11 Å². The summed E-state index contributed by atoms with van der Waals surface area (Å²) in [5.41, 5.74) is 2.78. The highest BCUT2D eigenvalue weighted by molar-refractivity contribution is 6.03. The summed E-state index contributed by atoms with van der Waals surface area (Å²) in [4.78, 5) is 11.9. The minimum Gasteiger partial charge on any atom is -0.508 e. The van der Waals surface area contributed by atoms with E-state index >= 15 is 0 Å².